The molecule has 0 heterocycles. The van der Waals surface area contributed by atoms with Crippen molar-refractivity contribution >= 4 is 35.1 Å². The number of halogens is 1. The molecule has 140 valence electrons. The Balaban J connectivity index is 0. The largest absolute Gasteiger partial charge is 0.507 e. The van der Waals surface area contributed by atoms with E-state index in [9.17, 15) is 10.2 Å². The molecule has 0 fully saturated rings. The third-order valence-electron chi connectivity index (χ3n) is 2.62. The van der Waals surface area contributed by atoms with Crippen LogP contribution in [-0.4, -0.2) is 38.4 Å². The van der Waals surface area contributed by atoms with Crippen molar-refractivity contribution in [2.75, 3.05) is 0 Å². The van der Waals surface area contributed by atoms with Gasteiger partial charge >= 0.3 is 0 Å². The van der Waals surface area contributed by atoms with Gasteiger partial charge in [0, 0.05) is 30.7 Å². The predicted molar refractivity (Wildman–Crippen MR) is 98.5 cm³/mol. The van der Waals surface area contributed by atoms with Crippen LogP contribution in [0, 0.1) is 0 Å². The highest BCUT2D eigenvalue weighted by Crippen LogP contribution is 2.34. The number of benzene rings is 2. The maximum atomic E-state index is 9.84. The lowest BCUT2D eigenvalue weighted by Gasteiger charge is -2.11. The Morgan fingerprint density at radius 2 is 1.48 bits per heavy atom. The number of nitrogens with two attached hydrogens (primary N) is 1. The lowest BCUT2D eigenvalue weighted by Crippen LogP contribution is -2.17. The Kier molecular flexibility index (Phi) is 11.8. The highest BCUT2D eigenvalue weighted by molar-refractivity contribution is 5.95. The summed E-state index contributed by atoms with van der Waals surface area (Å²) < 4.78 is 0. The molecule has 2 aromatic carbocycles. The molecule has 7 nitrogen and oxygen atoms in total. The molecule has 0 aromatic heterocycles. The van der Waals surface area contributed by atoms with Gasteiger partial charge < -0.3 is 26.2 Å². The monoisotopic (exact) mass is 373 g/mol. The number of fused-ring (bicyclic) bond motifs is 1. The van der Waals surface area contributed by atoms with E-state index in [0.29, 0.717) is 17.2 Å². The van der Waals surface area contributed by atoms with Gasteiger partial charge in [0.25, 0.3) is 11.9 Å². The van der Waals surface area contributed by atoms with Crippen molar-refractivity contribution in [3.63, 3.8) is 0 Å². The molecule has 0 amide bonds. The zero-order chi connectivity index (χ0) is 18.9. The zero-order valence-corrected chi connectivity index (χ0v) is 15.1. The van der Waals surface area contributed by atoms with Crippen LogP contribution in [0.1, 0.15) is 26.3 Å². The molecule has 0 spiro atoms. The van der Waals surface area contributed by atoms with Crippen LogP contribution in [0.4, 0.5) is 0 Å². The Morgan fingerprint density at radius 3 is 1.92 bits per heavy atom. The molecule has 0 saturated heterocycles. The number of phenols is 2. The molecule has 0 saturated carbocycles. The van der Waals surface area contributed by atoms with Crippen LogP contribution >= 0.6 is 12.4 Å². The van der Waals surface area contributed by atoms with Crippen molar-refractivity contribution in [1.29, 1.82) is 0 Å². The highest BCUT2D eigenvalue weighted by Gasteiger charge is 2.10. The zero-order valence-electron chi connectivity index (χ0n) is 14.3. The van der Waals surface area contributed by atoms with Gasteiger partial charge in [-0.25, -0.2) is 0 Å². The predicted octanol–water partition coefficient (Wildman–Crippen LogP) is 2.74. The molecule has 0 aliphatic rings. The van der Waals surface area contributed by atoms with Crippen molar-refractivity contribution in [2.45, 2.75) is 33.2 Å². The second-order valence-corrected chi connectivity index (χ2v) is 5.16. The average Bonchev–Trinajstić information content (AvgIpc) is 2.40. The van der Waals surface area contributed by atoms with E-state index in [1.807, 2.05) is 6.92 Å². The summed E-state index contributed by atoms with van der Waals surface area (Å²) >= 11 is 0. The SMILES string of the molecule is CC(=O)O.CC(=O)O.CC(N)Cc1ccc(O)c2cccc(O)c12.Cl. The number of phenolic OH excluding ortho intramolecular Hbond substituents is 2. The number of aromatic hydroxyl groups is 2. The van der Waals surface area contributed by atoms with Gasteiger partial charge in [0.1, 0.15) is 11.5 Å². The second-order valence-electron chi connectivity index (χ2n) is 5.16. The van der Waals surface area contributed by atoms with Crippen LogP contribution in [0.25, 0.3) is 10.8 Å². The number of carbonyl (C=O) groups is 2. The van der Waals surface area contributed by atoms with Crippen molar-refractivity contribution in [2.24, 2.45) is 5.73 Å². The lowest BCUT2D eigenvalue weighted by molar-refractivity contribution is -0.135. The van der Waals surface area contributed by atoms with Crippen LogP contribution in [0.5, 0.6) is 11.5 Å². The molecule has 0 aliphatic carbocycles. The number of rotatable bonds is 2. The molecular weight excluding hydrogens is 350 g/mol. The van der Waals surface area contributed by atoms with E-state index in [1.54, 1.807) is 30.3 Å². The molecule has 2 rings (SSSR count). The molecule has 0 aliphatic heterocycles. The molecule has 1 atom stereocenters. The first-order chi connectivity index (χ1) is 11.1. The van der Waals surface area contributed by atoms with Crippen LogP contribution in [0.3, 0.4) is 0 Å². The van der Waals surface area contributed by atoms with E-state index in [2.05, 4.69) is 0 Å². The molecular formula is C17H24ClNO6. The number of hydrogen-bond donors (Lipinski definition) is 5. The number of carboxylic acid groups (broad SMARTS) is 2. The summed E-state index contributed by atoms with van der Waals surface area (Å²) in [5, 5.41) is 35.7. The van der Waals surface area contributed by atoms with Gasteiger partial charge in [-0.3, -0.25) is 9.59 Å². The molecule has 8 heteroatoms. The first kappa shape index (κ1) is 24.7. The molecule has 0 radical (unpaired) electrons. The lowest BCUT2D eigenvalue weighted by atomic mass is 9.98. The summed E-state index contributed by atoms with van der Waals surface area (Å²) in [4.78, 5) is 18.0. The molecule has 25 heavy (non-hydrogen) atoms. The quantitative estimate of drug-likeness (QED) is 0.544. The Bertz CT molecular complexity index is 683. The van der Waals surface area contributed by atoms with Crippen molar-refractivity contribution in [1.82, 2.24) is 0 Å². The number of carboxylic acids is 2. The standard InChI is InChI=1S/C13H15NO2.2C2H4O2.ClH/c1-8(14)7-9-5-6-11(15)10-3-2-4-12(16)13(9)10;2*1-2(3)4;/h2-6,8,15-16H,7,14H2,1H3;2*1H3,(H,3,4);1H. The van der Waals surface area contributed by atoms with Crippen molar-refractivity contribution in [3.8, 4) is 11.5 Å². The second kappa shape index (κ2) is 11.9. The van der Waals surface area contributed by atoms with Crippen LogP contribution < -0.4 is 5.73 Å². The molecule has 1 unspecified atom stereocenters. The minimum atomic E-state index is -0.833. The fourth-order valence-electron chi connectivity index (χ4n) is 1.96. The normalized spacial score (nSPS) is 10.2. The van der Waals surface area contributed by atoms with Crippen LogP contribution in [-0.2, 0) is 16.0 Å². The Hall–Kier alpha value is -2.51. The first-order valence-electron chi connectivity index (χ1n) is 7.13. The summed E-state index contributed by atoms with van der Waals surface area (Å²) in [6.45, 7) is 4.08. The van der Waals surface area contributed by atoms with Gasteiger partial charge in [-0.15, -0.1) is 12.4 Å². The smallest absolute Gasteiger partial charge is 0.300 e. The topological polar surface area (TPSA) is 141 Å². The van der Waals surface area contributed by atoms with Gasteiger partial charge in [0.05, 0.1) is 0 Å². The molecule has 0 bridgehead atoms. The van der Waals surface area contributed by atoms with Crippen molar-refractivity contribution < 1.29 is 30.0 Å². The first-order valence-corrected chi connectivity index (χ1v) is 7.13. The van der Waals surface area contributed by atoms with Gasteiger partial charge in [0.15, 0.2) is 0 Å². The van der Waals surface area contributed by atoms with Crippen molar-refractivity contribution in [3.05, 3.63) is 35.9 Å². The molecule has 6 N–H and O–H groups in total. The minimum Gasteiger partial charge on any atom is -0.507 e. The number of hydrogen-bond acceptors (Lipinski definition) is 5. The van der Waals surface area contributed by atoms with Crippen LogP contribution in [0.15, 0.2) is 30.3 Å². The summed E-state index contributed by atoms with van der Waals surface area (Å²) in [6.07, 6.45) is 0.675. The Labute approximate surface area is 152 Å². The Morgan fingerprint density at radius 1 is 1.00 bits per heavy atom. The fraction of sp³-hybridized carbons (Fsp3) is 0.294. The van der Waals surface area contributed by atoms with Gasteiger partial charge in [-0.05, 0) is 31.0 Å². The average molecular weight is 374 g/mol. The third kappa shape index (κ3) is 10.1. The maximum absolute atomic E-state index is 9.84. The van der Waals surface area contributed by atoms with E-state index in [0.717, 1.165) is 19.4 Å². The third-order valence-corrected chi connectivity index (χ3v) is 2.62. The summed E-state index contributed by atoms with van der Waals surface area (Å²) in [7, 11) is 0. The van der Waals surface area contributed by atoms with E-state index >= 15 is 0 Å². The number of aliphatic carboxylic acids is 2. The summed E-state index contributed by atoms with van der Waals surface area (Å²) in [6, 6.07) is 8.58. The van der Waals surface area contributed by atoms with E-state index < -0.39 is 11.9 Å². The van der Waals surface area contributed by atoms with Crippen LogP contribution in [0.2, 0.25) is 0 Å². The van der Waals surface area contributed by atoms with Gasteiger partial charge in [0.2, 0.25) is 0 Å². The summed E-state index contributed by atoms with van der Waals surface area (Å²) in [5.41, 5.74) is 6.72. The molecule has 2 aromatic rings. The highest BCUT2D eigenvalue weighted by atomic mass is 35.5. The van der Waals surface area contributed by atoms with E-state index in [-0.39, 0.29) is 29.9 Å². The van der Waals surface area contributed by atoms with E-state index in [1.165, 1.54) is 0 Å². The fourth-order valence-corrected chi connectivity index (χ4v) is 1.96. The van der Waals surface area contributed by atoms with Gasteiger partial charge in [-0.1, -0.05) is 18.2 Å². The van der Waals surface area contributed by atoms with E-state index in [4.69, 9.17) is 25.5 Å². The maximum Gasteiger partial charge on any atom is 0.300 e. The minimum absolute atomic E-state index is 0. The van der Waals surface area contributed by atoms with Gasteiger partial charge in [-0.2, -0.15) is 0 Å². The summed E-state index contributed by atoms with van der Waals surface area (Å²) in [5.74, 6) is -1.30.